The van der Waals surface area contributed by atoms with E-state index < -0.39 is 0 Å². The number of aryl methyl sites for hydroxylation is 1. The van der Waals surface area contributed by atoms with E-state index in [2.05, 4.69) is 24.1 Å². The molecular weight excluding hydrogens is 164 g/mol. The van der Waals surface area contributed by atoms with Gasteiger partial charge in [-0.05, 0) is 26.4 Å². The zero-order valence-electron chi connectivity index (χ0n) is 8.63. The van der Waals surface area contributed by atoms with E-state index in [-0.39, 0.29) is 0 Å². The largest absolute Gasteiger partial charge is 0.448 e. The number of hydrogen-bond acceptors (Lipinski definition) is 3. The molecule has 0 aliphatic heterocycles. The van der Waals surface area contributed by atoms with Gasteiger partial charge < -0.3 is 9.73 Å². The van der Waals surface area contributed by atoms with Gasteiger partial charge in [-0.1, -0.05) is 13.8 Å². The molecule has 0 radical (unpaired) electrons. The lowest BCUT2D eigenvalue weighted by Crippen LogP contribution is -2.08. The summed E-state index contributed by atoms with van der Waals surface area (Å²) < 4.78 is 5.33. The topological polar surface area (TPSA) is 38.1 Å². The van der Waals surface area contributed by atoms with Crippen LogP contribution in [0.25, 0.3) is 0 Å². The number of rotatable bonds is 5. The highest BCUT2D eigenvalue weighted by molar-refractivity contribution is 4.99. The second-order valence-corrected chi connectivity index (χ2v) is 3.54. The fraction of sp³-hybridized carbons (Fsp3) is 0.700. The first kappa shape index (κ1) is 10.3. The molecule has 1 heterocycles. The molecule has 1 aromatic rings. The number of oxazole rings is 1. The Labute approximate surface area is 79.5 Å². The summed E-state index contributed by atoms with van der Waals surface area (Å²) in [6, 6.07) is 0. The van der Waals surface area contributed by atoms with E-state index >= 15 is 0 Å². The van der Waals surface area contributed by atoms with Gasteiger partial charge in [0.15, 0.2) is 5.89 Å². The maximum atomic E-state index is 5.33. The molecule has 0 saturated carbocycles. The maximum absolute atomic E-state index is 5.33. The van der Waals surface area contributed by atoms with Gasteiger partial charge >= 0.3 is 0 Å². The number of aromatic nitrogens is 1. The Morgan fingerprint density at radius 2 is 2.31 bits per heavy atom. The van der Waals surface area contributed by atoms with Crippen LogP contribution >= 0.6 is 0 Å². The Hall–Kier alpha value is -0.830. The van der Waals surface area contributed by atoms with Crippen LogP contribution in [0.4, 0.5) is 0 Å². The highest BCUT2D eigenvalue weighted by Gasteiger charge is 2.06. The van der Waals surface area contributed by atoms with Crippen LogP contribution in [0.3, 0.4) is 0 Å². The molecule has 0 aliphatic carbocycles. The van der Waals surface area contributed by atoms with Crippen molar-refractivity contribution in [2.24, 2.45) is 0 Å². The van der Waals surface area contributed by atoms with Gasteiger partial charge in [0, 0.05) is 5.92 Å². The van der Waals surface area contributed by atoms with Crippen LogP contribution < -0.4 is 5.32 Å². The van der Waals surface area contributed by atoms with E-state index in [1.165, 1.54) is 0 Å². The smallest absolute Gasteiger partial charge is 0.196 e. The third-order valence-electron chi connectivity index (χ3n) is 1.92. The lowest BCUT2D eigenvalue weighted by Gasteiger charge is -1.96. The second-order valence-electron chi connectivity index (χ2n) is 3.54. The molecule has 0 amide bonds. The van der Waals surface area contributed by atoms with Crippen molar-refractivity contribution < 1.29 is 4.42 Å². The van der Waals surface area contributed by atoms with E-state index in [0.29, 0.717) is 5.92 Å². The summed E-state index contributed by atoms with van der Waals surface area (Å²) in [4.78, 5) is 4.39. The number of nitrogens with one attached hydrogen (secondary N) is 1. The van der Waals surface area contributed by atoms with E-state index in [1.54, 1.807) is 6.26 Å². The fourth-order valence-electron chi connectivity index (χ4n) is 1.15. The Balaban J connectivity index is 2.40. The van der Waals surface area contributed by atoms with Gasteiger partial charge in [-0.15, -0.1) is 0 Å². The normalized spacial score (nSPS) is 11.1. The summed E-state index contributed by atoms with van der Waals surface area (Å²) in [6.45, 7) is 5.20. The van der Waals surface area contributed by atoms with Gasteiger partial charge in [0.2, 0.25) is 0 Å². The molecule has 13 heavy (non-hydrogen) atoms. The van der Waals surface area contributed by atoms with Crippen LogP contribution in [-0.2, 0) is 6.42 Å². The number of nitrogens with zero attached hydrogens (tertiary/aromatic N) is 1. The van der Waals surface area contributed by atoms with Crippen molar-refractivity contribution in [2.45, 2.75) is 32.6 Å². The third-order valence-corrected chi connectivity index (χ3v) is 1.92. The predicted molar refractivity (Wildman–Crippen MR) is 52.8 cm³/mol. The zero-order valence-corrected chi connectivity index (χ0v) is 8.63. The molecule has 3 heteroatoms. The standard InChI is InChI=1S/C10H18N2O/c1-8(2)10-12-9(7-13-10)5-4-6-11-3/h7-8,11H,4-6H2,1-3H3. The van der Waals surface area contributed by atoms with Crippen molar-refractivity contribution in [3.05, 3.63) is 17.8 Å². The van der Waals surface area contributed by atoms with Crippen molar-refractivity contribution in [1.82, 2.24) is 10.3 Å². The van der Waals surface area contributed by atoms with Crippen LogP contribution in [0.1, 0.15) is 37.8 Å². The van der Waals surface area contributed by atoms with Gasteiger partial charge in [0.1, 0.15) is 6.26 Å². The maximum Gasteiger partial charge on any atom is 0.196 e. The van der Waals surface area contributed by atoms with Crippen molar-refractivity contribution in [3.63, 3.8) is 0 Å². The minimum atomic E-state index is 0.387. The first-order chi connectivity index (χ1) is 6.24. The fourth-order valence-corrected chi connectivity index (χ4v) is 1.15. The highest BCUT2D eigenvalue weighted by atomic mass is 16.3. The molecule has 0 saturated heterocycles. The Morgan fingerprint density at radius 3 is 2.85 bits per heavy atom. The quantitative estimate of drug-likeness (QED) is 0.707. The average molecular weight is 182 g/mol. The molecule has 0 aromatic carbocycles. The van der Waals surface area contributed by atoms with Gasteiger partial charge in [-0.2, -0.15) is 0 Å². The minimum Gasteiger partial charge on any atom is -0.448 e. The molecule has 1 rings (SSSR count). The lowest BCUT2D eigenvalue weighted by atomic mass is 10.2. The van der Waals surface area contributed by atoms with Crippen LogP contribution in [0.5, 0.6) is 0 Å². The van der Waals surface area contributed by atoms with Crippen molar-refractivity contribution in [2.75, 3.05) is 13.6 Å². The monoisotopic (exact) mass is 182 g/mol. The average Bonchev–Trinajstić information content (AvgIpc) is 2.53. The van der Waals surface area contributed by atoms with E-state index in [1.807, 2.05) is 7.05 Å². The van der Waals surface area contributed by atoms with E-state index in [9.17, 15) is 0 Å². The SMILES string of the molecule is CNCCCc1coc(C(C)C)n1. The summed E-state index contributed by atoms with van der Waals surface area (Å²) in [5.41, 5.74) is 1.07. The highest BCUT2D eigenvalue weighted by Crippen LogP contribution is 2.13. The summed E-state index contributed by atoms with van der Waals surface area (Å²) >= 11 is 0. The molecule has 0 spiro atoms. The molecule has 74 valence electrons. The molecule has 0 aliphatic rings. The molecule has 0 unspecified atom stereocenters. The van der Waals surface area contributed by atoms with Crippen molar-refractivity contribution in [1.29, 1.82) is 0 Å². The molecule has 0 bridgehead atoms. The van der Waals surface area contributed by atoms with E-state index in [4.69, 9.17) is 4.42 Å². The summed E-state index contributed by atoms with van der Waals surface area (Å²) in [7, 11) is 1.96. The zero-order chi connectivity index (χ0) is 9.68. The van der Waals surface area contributed by atoms with Crippen molar-refractivity contribution in [3.8, 4) is 0 Å². The molecule has 1 aromatic heterocycles. The molecule has 0 atom stereocenters. The van der Waals surface area contributed by atoms with Crippen LogP contribution in [0.15, 0.2) is 10.7 Å². The Bertz CT molecular complexity index is 243. The lowest BCUT2D eigenvalue weighted by molar-refractivity contribution is 0.470. The minimum absolute atomic E-state index is 0.387. The van der Waals surface area contributed by atoms with Crippen LogP contribution in [0.2, 0.25) is 0 Å². The van der Waals surface area contributed by atoms with Gasteiger partial charge in [0.25, 0.3) is 0 Å². The first-order valence-electron chi connectivity index (χ1n) is 4.83. The first-order valence-corrected chi connectivity index (χ1v) is 4.83. The summed E-state index contributed by atoms with van der Waals surface area (Å²) in [6.07, 6.45) is 3.88. The molecular formula is C10H18N2O. The Kier molecular flexibility index (Phi) is 3.96. The number of hydrogen-bond donors (Lipinski definition) is 1. The van der Waals surface area contributed by atoms with E-state index in [0.717, 1.165) is 31.0 Å². The predicted octanol–water partition coefficient (Wildman–Crippen LogP) is 1.95. The molecule has 0 fully saturated rings. The van der Waals surface area contributed by atoms with Crippen molar-refractivity contribution >= 4 is 0 Å². The molecule has 1 N–H and O–H groups in total. The van der Waals surface area contributed by atoms with Gasteiger partial charge in [-0.25, -0.2) is 4.98 Å². The third kappa shape index (κ3) is 3.19. The van der Waals surface area contributed by atoms with Gasteiger partial charge in [0.05, 0.1) is 5.69 Å². The van der Waals surface area contributed by atoms with Crippen LogP contribution in [0, 0.1) is 0 Å². The van der Waals surface area contributed by atoms with Crippen LogP contribution in [-0.4, -0.2) is 18.6 Å². The molecule has 3 nitrogen and oxygen atoms in total. The Morgan fingerprint density at radius 1 is 1.54 bits per heavy atom. The summed E-state index contributed by atoms with van der Waals surface area (Å²) in [5, 5.41) is 3.11. The summed E-state index contributed by atoms with van der Waals surface area (Å²) in [5.74, 6) is 1.23. The van der Waals surface area contributed by atoms with Gasteiger partial charge in [-0.3, -0.25) is 0 Å². The second kappa shape index (κ2) is 5.02.